The summed E-state index contributed by atoms with van der Waals surface area (Å²) >= 11 is 0. The van der Waals surface area contributed by atoms with Gasteiger partial charge < -0.3 is 24.2 Å². The van der Waals surface area contributed by atoms with Crippen LogP contribution < -0.4 is 19.1 Å². The number of amides is 1. The molecular formula is C25H21NO6. The molecule has 0 radical (unpaired) electrons. The Morgan fingerprint density at radius 3 is 2.66 bits per heavy atom. The van der Waals surface area contributed by atoms with Gasteiger partial charge in [0.2, 0.25) is 6.79 Å². The highest BCUT2D eigenvalue weighted by Gasteiger charge is 2.51. The first-order chi connectivity index (χ1) is 15.5. The molecule has 1 amide bonds. The van der Waals surface area contributed by atoms with Crippen LogP contribution in [0.5, 0.6) is 17.2 Å². The molecule has 0 aromatic heterocycles. The molecule has 5 rings (SSSR count). The third-order valence-electron chi connectivity index (χ3n) is 5.84. The molecule has 1 atom stereocenters. The summed E-state index contributed by atoms with van der Waals surface area (Å²) in [5.41, 5.74) is 0.158. The van der Waals surface area contributed by atoms with Gasteiger partial charge in [-0.15, -0.1) is 0 Å². The van der Waals surface area contributed by atoms with Gasteiger partial charge in [0, 0.05) is 5.56 Å². The number of fused-ring (bicyclic) bond motifs is 2. The number of Topliss-reactive ketones (excluding diaryl/α,β-unsaturated/α-hetero) is 1. The zero-order chi connectivity index (χ0) is 22.3. The lowest BCUT2D eigenvalue weighted by atomic mass is 9.88. The molecule has 7 nitrogen and oxygen atoms in total. The fraction of sp³-hybridized carbons (Fsp3) is 0.200. The fourth-order valence-electron chi connectivity index (χ4n) is 4.26. The second kappa shape index (κ2) is 7.69. The number of methoxy groups -OCH3 is 1. The molecule has 3 aromatic carbocycles. The highest BCUT2D eigenvalue weighted by molar-refractivity contribution is 6.11. The summed E-state index contributed by atoms with van der Waals surface area (Å²) < 4.78 is 16.1. The predicted octanol–water partition coefficient (Wildman–Crippen LogP) is 3.43. The van der Waals surface area contributed by atoms with E-state index in [0.717, 1.165) is 5.56 Å². The van der Waals surface area contributed by atoms with Crippen LogP contribution in [-0.4, -0.2) is 30.7 Å². The van der Waals surface area contributed by atoms with Crippen molar-refractivity contribution in [1.82, 2.24) is 0 Å². The molecular weight excluding hydrogens is 410 g/mol. The number of carbonyl (C=O) groups excluding carboxylic acids is 2. The third-order valence-corrected chi connectivity index (χ3v) is 5.84. The van der Waals surface area contributed by atoms with Crippen LogP contribution in [0.2, 0.25) is 0 Å². The number of hydrogen-bond acceptors (Lipinski definition) is 6. The highest BCUT2D eigenvalue weighted by atomic mass is 16.7. The van der Waals surface area contributed by atoms with Crippen LogP contribution in [0.3, 0.4) is 0 Å². The molecule has 0 spiro atoms. The second-order valence-electron chi connectivity index (χ2n) is 7.76. The van der Waals surface area contributed by atoms with Crippen LogP contribution in [0.4, 0.5) is 5.69 Å². The molecule has 2 aliphatic heterocycles. The fourth-order valence-corrected chi connectivity index (χ4v) is 4.26. The Morgan fingerprint density at radius 2 is 1.81 bits per heavy atom. The van der Waals surface area contributed by atoms with Gasteiger partial charge >= 0.3 is 0 Å². The summed E-state index contributed by atoms with van der Waals surface area (Å²) in [5, 5.41) is 11.5. The molecule has 0 saturated heterocycles. The zero-order valence-corrected chi connectivity index (χ0v) is 17.4. The summed E-state index contributed by atoms with van der Waals surface area (Å²) in [5.74, 6) is 0.750. The Bertz CT molecular complexity index is 1220. The number of carbonyl (C=O) groups is 2. The van der Waals surface area contributed by atoms with Gasteiger partial charge in [-0.3, -0.25) is 9.59 Å². The maximum Gasteiger partial charge on any atom is 0.264 e. The van der Waals surface area contributed by atoms with Crippen molar-refractivity contribution >= 4 is 17.4 Å². The van der Waals surface area contributed by atoms with E-state index in [4.69, 9.17) is 14.2 Å². The molecule has 2 aliphatic rings. The van der Waals surface area contributed by atoms with Gasteiger partial charge in [-0.25, -0.2) is 0 Å². The molecule has 0 aliphatic carbocycles. The number of para-hydroxylation sites is 2. The van der Waals surface area contributed by atoms with Crippen LogP contribution >= 0.6 is 0 Å². The minimum absolute atomic E-state index is 0.162. The molecule has 0 fully saturated rings. The average Bonchev–Trinajstić information content (AvgIpc) is 3.36. The van der Waals surface area contributed by atoms with E-state index in [1.165, 1.54) is 12.0 Å². The molecule has 162 valence electrons. The monoisotopic (exact) mass is 431 g/mol. The standard InChI is InChI=1S/C25H21NO6/c1-30-21-9-5-2-6-17(21)20(27)13-25(29)18-7-3-4-8-19(18)26(24(25)28)14-16-10-11-22-23(12-16)32-15-31-22/h2-12,29H,13-15H2,1H3/t25-/m1/s1. The summed E-state index contributed by atoms with van der Waals surface area (Å²) in [6.45, 7) is 0.382. The van der Waals surface area contributed by atoms with Crippen molar-refractivity contribution in [1.29, 1.82) is 0 Å². The third kappa shape index (κ3) is 3.18. The highest BCUT2D eigenvalue weighted by Crippen LogP contribution is 2.44. The van der Waals surface area contributed by atoms with E-state index in [0.29, 0.717) is 34.1 Å². The van der Waals surface area contributed by atoms with Crippen molar-refractivity contribution in [2.45, 2.75) is 18.6 Å². The van der Waals surface area contributed by atoms with E-state index in [1.54, 1.807) is 54.6 Å². The predicted molar refractivity (Wildman–Crippen MR) is 116 cm³/mol. The lowest BCUT2D eigenvalue weighted by Gasteiger charge is -2.23. The number of nitrogens with zero attached hydrogens (tertiary/aromatic N) is 1. The lowest BCUT2D eigenvalue weighted by Crippen LogP contribution is -2.41. The van der Waals surface area contributed by atoms with Crippen molar-refractivity contribution < 1.29 is 28.9 Å². The molecule has 0 saturated carbocycles. The van der Waals surface area contributed by atoms with Crippen molar-refractivity contribution in [3.05, 3.63) is 83.4 Å². The first kappa shape index (κ1) is 20.1. The molecule has 0 unspecified atom stereocenters. The van der Waals surface area contributed by atoms with Crippen LogP contribution in [0.25, 0.3) is 0 Å². The molecule has 7 heteroatoms. The maximum absolute atomic E-state index is 13.5. The molecule has 32 heavy (non-hydrogen) atoms. The van der Waals surface area contributed by atoms with E-state index in [-0.39, 0.29) is 25.5 Å². The topological polar surface area (TPSA) is 85.3 Å². The minimum Gasteiger partial charge on any atom is -0.496 e. The van der Waals surface area contributed by atoms with Crippen LogP contribution in [0.1, 0.15) is 27.9 Å². The molecule has 0 bridgehead atoms. The van der Waals surface area contributed by atoms with Crippen LogP contribution in [-0.2, 0) is 16.9 Å². The number of benzene rings is 3. The maximum atomic E-state index is 13.5. The molecule has 1 N–H and O–H groups in total. The number of anilines is 1. The zero-order valence-electron chi connectivity index (χ0n) is 17.4. The second-order valence-corrected chi connectivity index (χ2v) is 7.76. The SMILES string of the molecule is COc1ccccc1C(=O)C[C@]1(O)C(=O)N(Cc2ccc3c(c2)OCO3)c2ccccc21. The largest absolute Gasteiger partial charge is 0.496 e. The van der Waals surface area contributed by atoms with Gasteiger partial charge in [0.15, 0.2) is 22.9 Å². The van der Waals surface area contributed by atoms with Crippen LogP contribution in [0, 0.1) is 0 Å². The van der Waals surface area contributed by atoms with Gasteiger partial charge in [-0.1, -0.05) is 36.4 Å². The number of ketones is 1. The van der Waals surface area contributed by atoms with E-state index in [2.05, 4.69) is 0 Å². The Morgan fingerprint density at radius 1 is 1.06 bits per heavy atom. The normalized spacial score (nSPS) is 18.6. The Hall–Kier alpha value is -3.84. The van der Waals surface area contributed by atoms with Crippen molar-refractivity contribution in [3.8, 4) is 17.2 Å². The number of hydrogen-bond donors (Lipinski definition) is 1. The van der Waals surface area contributed by atoms with Crippen LogP contribution in [0.15, 0.2) is 66.7 Å². The van der Waals surface area contributed by atoms with E-state index in [9.17, 15) is 14.7 Å². The van der Waals surface area contributed by atoms with Gasteiger partial charge in [0.1, 0.15) is 5.75 Å². The summed E-state index contributed by atoms with van der Waals surface area (Å²) in [6.07, 6.45) is -0.388. The summed E-state index contributed by atoms with van der Waals surface area (Å²) in [7, 11) is 1.48. The lowest BCUT2D eigenvalue weighted by molar-refractivity contribution is -0.136. The van der Waals surface area contributed by atoms with Crippen molar-refractivity contribution in [2.24, 2.45) is 0 Å². The Labute approximate surface area is 184 Å². The number of aliphatic hydroxyl groups is 1. The number of rotatable bonds is 6. The number of ether oxygens (including phenoxy) is 3. The van der Waals surface area contributed by atoms with Gasteiger partial charge in [0.05, 0.1) is 31.3 Å². The Balaban J connectivity index is 1.47. The average molecular weight is 431 g/mol. The quantitative estimate of drug-likeness (QED) is 0.602. The van der Waals surface area contributed by atoms with E-state index < -0.39 is 11.5 Å². The van der Waals surface area contributed by atoms with Crippen molar-refractivity contribution in [3.63, 3.8) is 0 Å². The van der Waals surface area contributed by atoms with Gasteiger partial charge in [-0.05, 0) is 35.9 Å². The van der Waals surface area contributed by atoms with Gasteiger partial charge in [-0.2, -0.15) is 0 Å². The Kier molecular flexibility index (Phi) is 4.83. The summed E-state index contributed by atoms with van der Waals surface area (Å²) in [6, 6.07) is 19.2. The van der Waals surface area contributed by atoms with E-state index in [1.807, 2.05) is 12.1 Å². The smallest absolute Gasteiger partial charge is 0.264 e. The molecule has 2 heterocycles. The first-order valence-corrected chi connectivity index (χ1v) is 10.2. The summed E-state index contributed by atoms with van der Waals surface area (Å²) in [4.78, 5) is 28.1. The van der Waals surface area contributed by atoms with Crippen molar-refractivity contribution in [2.75, 3.05) is 18.8 Å². The van der Waals surface area contributed by atoms with E-state index >= 15 is 0 Å². The van der Waals surface area contributed by atoms with Gasteiger partial charge in [0.25, 0.3) is 5.91 Å². The molecule has 3 aromatic rings. The minimum atomic E-state index is -1.97. The first-order valence-electron chi connectivity index (χ1n) is 10.2.